The fraction of sp³-hybridized carbons (Fsp3) is 0.588. The second-order valence-electron chi connectivity index (χ2n) is 6.44. The highest BCUT2D eigenvalue weighted by Gasteiger charge is 2.18. The Labute approximate surface area is 128 Å². The van der Waals surface area contributed by atoms with Crippen molar-refractivity contribution in [2.75, 3.05) is 11.9 Å². The van der Waals surface area contributed by atoms with Gasteiger partial charge in [-0.05, 0) is 62.9 Å². The van der Waals surface area contributed by atoms with Crippen LogP contribution < -0.4 is 15.8 Å². The predicted octanol–water partition coefficient (Wildman–Crippen LogP) is 3.57. The molecule has 0 atom stereocenters. The van der Waals surface area contributed by atoms with E-state index < -0.39 is 0 Å². The highest BCUT2D eigenvalue weighted by Crippen LogP contribution is 2.26. The molecule has 0 aliphatic carbocycles. The van der Waals surface area contributed by atoms with E-state index in [2.05, 4.69) is 19.2 Å². The molecule has 1 aromatic carbocycles. The summed E-state index contributed by atoms with van der Waals surface area (Å²) in [6.07, 6.45) is 2.43. The first-order valence-corrected chi connectivity index (χ1v) is 7.59. The minimum Gasteiger partial charge on any atom is -0.491 e. The number of benzene rings is 1. The van der Waals surface area contributed by atoms with Gasteiger partial charge >= 0.3 is 0 Å². The molecule has 0 radical (unpaired) electrons. The molecule has 0 heterocycles. The van der Waals surface area contributed by atoms with Crippen molar-refractivity contribution in [3.63, 3.8) is 0 Å². The Morgan fingerprint density at radius 1 is 1.24 bits per heavy atom. The van der Waals surface area contributed by atoms with Crippen molar-refractivity contribution >= 4 is 11.6 Å². The van der Waals surface area contributed by atoms with Gasteiger partial charge in [0.25, 0.3) is 0 Å². The van der Waals surface area contributed by atoms with Crippen LogP contribution in [-0.4, -0.2) is 18.6 Å². The summed E-state index contributed by atoms with van der Waals surface area (Å²) in [5.41, 5.74) is 6.49. The average Bonchev–Trinajstić information content (AvgIpc) is 2.38. The van der Waals surface area contributed by atoms with E-state index in [4.69, 9.17) is 10.5 Å². The topological polar surface area (TPSA) is 64.3 Å². The third-order valence-corrected chi connectivity index (χ3v) is 3.36. The van der Waals surface area contributed by atoms with E-state index >= 15 is 0 Å². The van der Waals surface area contributed by atoms with E-state index in [0.29, 0.717) is 13.0 Å². The minimum absolute atomic E-state index is 0.0395. The molecule has 1 amide bonds. The van der Waals surface area contributed by atoms with Crippen molar-refractivity contribution in [3.05, 3.63) is 24.3 Å². The third kappa shape index (κ3) is 7.14. The quantitative estimate of drug-likeness (QED) is 0.770. The van der Waals surface area contributed by atoms with Gasteiger partial charge < -0.3 is 15.8 Å². The van der Waals surface area contributed by atoms with E-state index in [9.17, 15) is 4.79 Å². The maximum Gasteiger partial charge on any atom is 0.224 e. The van der Waals surface area contributed by atoms with E-state index in [0.717, 1.165) is 24.3 Å². The molecule has 0 aliphatic rings. The first kappa shape index (κ1) is 17.5. The molecule has 4 heteroatoms. The normalized spacial score (nSPS) is 11.5. The van der Waals surface area contributed by atoms with E-state index in [1.54, 1.807) is 0 Å². The van der Waals surface area contributed by atoms with Gasteiger partial charge in [-0.3, -0.25) is 4.79 Å². The largest absolute Gasteiger partial charge is 0.491 e. The molecule has 118 valence electrons. The van der Waals surface area contributed by atoms with Gasteiger partial charge in [0.1, 0.15) is 5.75 Å². The van der Waals surface area contributed by atoms with Crippen LogP contribution in [0.15, 0.2) is 24.3 Å². The van der Waals surface area contributed by atoms with Crippen LogP contribution in [0.25, 0.3) is 0 Å². The zero-order chi connectivity index (χ0) is 15.9. The molecule has 0 saturated heterocycles. The second-order valence-corrected chi connectivity index (χ2v) is 6.44. The van der Waals surface area contributed by atoms with Crippen molar-refractivity contribution < 1.29 is 9.53 Å². The van der Waals surface area contributed by atoms with Gasteiger partial charge in [-0.15, -0.1) is 0 Å². The minimum atomic E-state index is 0.0395. The third-order valence-electron chi connectivity index (χ3n) is 3.36. The zero-order valence-corrected chi connectivity index (χ0v) is 13.6. The molecule has 0 saturated carbocycles. The monoisotopic (exact) mass is 292 g/mol. The number of carbonyl (C=O) groups excluding carboxylic acids is 1. The number of hydrogen-bond donors (Lipinski definition) is 2. The van der Waals surface area contributed by atoms with E-state index in [1.807, 2.05) is 38.1 Å². The number of nitrogens with two attached hydrogens (primary N) is 1. The number of hydrogen-bond acceptors (Lipinski definition) is 3. The second kappa shape index (κ2) is 8.03. The summed E-state index contributed by atoms with van der Waals surface area (Å²) in [4.78, 5) is 12.0. The SMILES string of the molecule is CC(C)Oc1ccc(NC(=O)CCC(C)(C)CCN)cc1. The molecule has 0 bridgehead atoms. The molecule has 21 heavy (non-hydrogen) atoms. The van der Waals surface area contributed by atoms with Gasteiger partial charge in [-0.1, -0.05) is 13.8 Å². The van der Waals surface area contributed by atoms with Crippen LogP contribution in [0.4, 0.5) is 5.69 Å². The molecule has 0 fully saturated rings. The highest BCUT2D eigenvalue weighted by molar-refractivity contribution is 5.90. The Hall–Kier alpha value is -1.55. The molecule has 3 N–H and O–H groups in total. The molecule has 4 nitrogen and oxygen atoms in total. The summed E-state index contributed by atoms with van der Waals surface area (Å²) >= 11 is 0. The van der Waals surface area contributed by atoms with Crippen LogP contribution in [0.5, 0.6) is 5.75 Å². The summed E-state index contributed by atoms with van der Waals surface area (Å²) < 4.78 is 5.57. The molecular formula is C17H28N2O2. The number of anilines is 1. The summed E-state index contributed by atoms with van der Waals surface area (Å²) in [7, 11) is 0. The Morgan fingerprint density at radius 2 is 1.86 bits per heavy atom. The van der Waals surface area contributed by atoms with Crippen LogP contribution >= 0.6 is 0 Å². The van der Waals surface area contributed by atoms with Gasteiger partial charge in [-0.25, -0.2) is 0 Å². The maximum atomic E-state index is 12.0. The molecule has 0 spiro atoms. The molecule has 1 aromatic rings. The van der Waals surface area contributed by atoms with Gasteiger partial charge in [0.2, 0.25) is 5.91 Å². The van der Waals surface area contributed by atoms with Gasteiger partial charge in [-0.2, -0.15) is 0 Å². The zero-order valence-electron chi connectivity index (χ0n) is 13.6. The Morgan fingerprint density at radius 3 is 2.38 bits per heavy atom. The Kier molecular flexibility index (Phi) is 6.69. The van der Waals surface area contributed by atoms with Crippen LogP contribution in [0.1, 0.15) is 47.0 Å². The summed E-state index contributed by atoms with van der Waals surface area (Å²) in [5, 5.41) is 2.91. The predicted molar refractivity (Wildman–Crippen MR) is 87.5 cm³/mol. The Balaban J connectivity index is 2.44. The van der Waals surface area contributed by atoms with Gasteiger partial charge in [0.05, 0.1) is 6.10 Å². The van der Waals surface area contributed by atoms with Crippen molar-refractivity contribution in [1.29, 1.82) is 0 Å². The first-order valence-electron chi connectivity index (χ1n) is 7.59. The van der Waals surface area contributed by atoms with Crippen LogP contribution in [0.3, 0.4) is 0 Å². The molecule has 1 rings (SSSR count). The maximum absolute atomic E-state index is 12.0. The number of nitrogens with one attached hydrogen (secondary N) is 1. The summed E-state index contributed by atoms with van der Waals surface area (Å²) in [6.45, 7) is 8.92. The number of carbonyl (C=O) groups is 1. The number of amides is 1. The van der Waals surface area contributed by atoms with Gasteiger partial charge in [0, 0.05) is 12.1 Å². The molecule has 0 aromatic heterocycles. The fourth-order valence-corrected chi connectivity index (χ4v) is 2.08. The van der Waals surface area contributed by atoms with E-state index in [-0.39, 0.29) is 17.4 Å². The van der Waals surface area contributed by atoms with Gasteiger partial charge in [0.15, 0.2) is 0 Å². The molecule has 0 aliphatic heterocycles. The lowest BCUT2D eigenvalue weighted by molar-refractivity contribution is -0.116. The van der Waals surface area contributed by atoms with Crippen LogP contribution in [0.2, 0.25) is 0 Å². The Bertz CT molecular complexity index is 439. The smallest absolute Gasteiger partial charge is 0.224 e. The van der Waals surface area contributed by atoms with Crippen LogP contribution in [-0.2, 0) is 4.79 Å². The lowest BCUT2D eigenvalue weighted by Crippen LogP contribution is -2.20. The fourth-order valence-electron chi connectivity index (χ4n) is 2.08. The number of ether oxygens (including phenoxy) is 1. The number of rotatable bonds is 8. The summed E-state index contributed by atoms with van der Waals surface area (Å²) in [5.74, 6) is 0.852. The molecule has 0 unspecified atom stereocenters. The van der Waals surface area contributed by atoms with Crippen molar-refractivity contribution in [3.8, 4) is 5.75 Å². The van der Waals surface area contributed by atoms with E-state index in [1.165, 1.54) is 0 Å². The lowest BCUT2D eigenvalue weighted by atomic mass is 9.84. The lowest BCUT2D eigenvalue weighted by Gasteiger charge is -2.23. The average molecular weight is 292 g/mol. The molecular weight excluding hydrogens is 264 g/mol. The van der Waals surface area contributed by atoms with Crippen molar-refractivity contribution in [2.24, 2.45) is 11.1 Å². The van der Waals surface area contributed by atoms with Crippen molar-refractivity contribution in [1.82, 2.24) is 0 Å². The van der Waals surface area contributed by atoms with Crippen LogP contribution in [0, 0.1) is 5.41 Å². The summed E-state index contributed by atoms with van der Waals surface area (Å²) in [6, 6.07) is 7.46. The highest BCUT2D eigenvalue weighted by atomic mass is 16.5. The standard InChI is InChI=1S/C17H28N2O2/c1-13(2)21-15-7-5-14(6-8-15)19-16(20)9-10-17(3,4)11-12-18/h5-8,13H,9-12,18H2,1-4H3,(H,19,20). The van der Waals surface area contributed by atoms with Crippen molar-refractivity contribution in [2.45, 2.75) is 53.1 Å². The first-order chi connectivity index (χ1) is 9.82.